The summed E-state index contributed by atoms with van der Waals surface area (Å²) < 4.78 is 6.57. The smallest absolute Gasteiger partial charge is 0.291 e. The van der Waals surface area contributed by atoms with Crippen LogP contribution in [0, 0.1) is 0 Å². The molecule has 0 aliphatic carbocycles. The van der Waals surface area contributed by atoms with Crippen molar-refractivity contribution in [1.82, 2.24) is 0 Å². The molecule has 1 heterocycles. The van der Waals surface area contributed by atoms with Crippen molar-refractivity contribution in [2.75, 3.05) is 10.6 Å². The highest BCUT2D eigenvalue weighted by Gasteiger charge is 2.13. The molecule has 0 spiro atoms. The van der Waals surface area contributed by atoms with Crippen molar-refractivity contribution in [1.29, 1.82) is 0 Å². The molecule has 7 heteroatoms. The maximum Gasteiger partial charge on any atom is 0.291 e. The van der Waals surface area contributed by atoms with Gasteiger partial charge in [0.2, 0.25) is 0 Å². The topological polar surface area (TPSA) is 71.3 Å². The van der Waals surface area contributed by atoms with E-state index in [2.05, 4.69) is 26.6 Å². The van der Waals surface area contributed by atoms with Crippen LogP contribution in [-0.4, -0.2) is 11.8 Å². The zero-order chi connectivity index (χ0) is 21.8. The zero-order valence-electron chi connectivity index (χ0n) is 16.1. The number of hydrogen-bond acceptors (Lipinski definition) is 3. The van der Waals surface area contributed by atoms with Crippen molar-refractivity contribution in [3.8, 4) is 11.3 Å². The van der Waals surface area contributed by atoms with Crippen molar-refractivity contribution < 1.29 is 14.0 Å². The molecule has 31 heavy (non-hydrogen) atoms. The average molecular weight is 496 g/mol. The van der Waals surface area contributed by atoms with E-state index >= 15 is 0 Å². The van der Waals surface area contributed by atoms with Crippen LogP contribution in [0.15, 0.2) is 93.8 Å². The number of nitrogens with one attached hydrogen (secondary N) is 2. The number of benzene rings is 3. The molecule has 0 saturated heterocycles. The first-order valence-electron chi connectivity index (χ1n) is 9.32. The standard InChI is InChI=1S/C24H16BrClN2O3/c25-17-5-1-16(2-6-17)23(29)27-19-9-11-20(12-10-19)28-24(30)22-14-13-21(31-22)15-3-7-18(26)8-4-15/h1-14H,(H,27,29)(H,28,30). The lowest BCUT2D eigenvalue weighted by Gasteiger charge is -2.07. The Hall–Kier alpha value is -3.35. The second kappa shape index (κ2) is 9.20. The van der Waals surface area contributed by atoms with Gasteiger partial charge >= 0.3 is 0 Å². The molecule has 0 fully saturated rings. The van der Waals surface area contributed by atoms with Gasteiger partial charge in [-0.2, -0.15) is 0 Å². The molecule has 4 rings (SSSR count). The van der Waals surface area contributed by atoms with Gasteiger partial charge in [-0.1, -0.05) is 27.5 Å². The summed E-state index contributed by atoms with van der Waals surface area (Å²) in [5.74, 6) is 0.187. The number of hydrogen-bond donors (Lipinski definition) is 2. The Labute approximate surface area is 192 Å². The second-order valence-corrected chi connectivity index (χ2v) is 8.02. The summed E-state index contributed by atoms with van der Waals surface area (Å²) in [6.07, 6.45) is 0. The first-order chi connectivity index (χ1) is 15.0. The zero-order valence-corrected chi connectivity index (χ0v) is 18.4. The molecule has 5 nitrogen and oxygen atoms in total. The maximum atomic E-state index is 12.5. The summed E-state index contributed by atoms with van der Waals surface area (Å²) in [6.45, 7) is 0. The minimum absolute atomic E-state index is 0.192. The molecule has 1 aromatic heterocycles. The van der Waals surface area contributed by atoms with Gasteiger partial charge in [-0.05, 0) is 84.9 Å². The lowest BCUT2D eigenvalue weighted by Crippen LogP contribution is -2.12. The van der Waals surface area contributed by atoms with E-state index in [0.29, 0.717) is 27.7 Å². The van der Waals surface area contributed by atoms with E-state index in [-0.39, 0.29) is 17.6 Å². The summed E-state index contributed by atoms with van der Waals surface area (Å²) >= 11 is 9.24. The van der Waals surface area contributed by atoms with Crippen LogP contribution in [0.3, 0.4) is 0 Å². The summed E-state index contributed by atoms with van der Waals surface area (Å²) in [5, 5.41) is 6.23. The first kappa shape index (κ1) is 20.9. The number of anilines is 2. The third-order valence-corrected chi connectivity index (χ3v) is 5.25. The van der Waals surface area contributed by atoms with E-state index in [4.69, 9.17) is 16.0 Å². The number of furan rings is 1. The van der Waals surface area contributed by atoms with E-state index in [0.717, 1.165) is 10.0 Å². The number of carbonyl (C=O) groups is 2. The molecule has 0 aliphatic heterocycles. The Balaban J connectivity index is 1.38. The van der Waals surface area contributed by atoms with Crippen molar-refractivity contribution in [2.45, 2.75) is 0 Å². The quantitative estimate of drug-likeness (QED) is 0.317. The van der Waals surface area contributed by atoms with Crippen LogP contribution in [0.2, 0.25) is 5.02 Å². The molecule has 0 radical (unpaired) electrons. The van der Waals surface area contributed by atoms with Gasteiger partial charge in [-0.25, -0.2) is 0 Å². The van der Waals surface area contributed by atoms with Gasteiger partial charge in [0.05, 0.1) is 0 Å². The van der Waals surface area contributed by atoms with Crippen LogP contribution >= 0.6 is 27.5 Å². The van der Waals surface area contributed by atoms with Crippen molar-refractivity contribution in [3.05, 3.63) is 106 Å². The molecule has 4 aromatic rings. The number of amides is 2. The van der Waals surface area contributed by atoms with Gasteiger partial charge in [-0.3, -0.25) is 9.59 Å². The highest BCUT2D eigenvalue weighted by molar-refractivity contribution is 9.10. The second-order valence-electron chi connectivity index (χ2n) is 6.66. The Kier molecular flexibility index (Phi) is 6.21. The van der Waals surface area contributed by atoms with Gasteiger partial charge in [0.25, 0.3) is 11.8 Å². The predicted molar refractivity (Wildman–Crippen MR) is 126 cm³/mol. The summed E-state index contributed by atoms with van der Waals surface area (Å²) in [7, 11) is 0. The van der Waals surface area contributed by atoms with Gasteiger partial charge in [-0.15, -0.1) is 0 Å². The lowest BCUT2D eigenvalue weighted by atomic mass is 10.2. The predicted octanol–water partition coefficient (Wildman–Crippen LogP) is 6.87. The van der Waals surface area contributed by atoms with Crippen molar-refractivity contribution in [3.63, 3.8) is 0 Å². The molecule has 0 atom stereocenters. The Morgan fingerprint density at radius 1 is 0.710 bits per heavy atom. The van der Waals surface area contributed by atoms with Crippen LogP contribution in [0.1, 0.15) is 20.9 Å². The molecule has 0 saturated carbocycles. The maximum absolute atomic E-state index is 12.5. The Bertz CT molecular complexity index is 1220. The van der Waals surface area contributed by atoms with Crippen molar-refractivity contribution >= 4 is 50.7 Å². The molecular formula is C24H16BrClN2O3. The Morgan fingerprint density at radius 2 is 1.29 bits per heavy atom. The number of carbonyl (C=O) groups excluding carboxylic acids is 2. The molecule has 0 unspecified atom stereocenters. The first-order valence-corrected chi connectivity index (χ1v) is 10.5. The molecule has 0 aliphatic rings. The van der Waals surface area contributed by atoms with E-state index in [1.165, 1.54) is 0 Å². The largest absolute Gasteiger partial charge is 0.451 e. The molecule has 0 bridgehead atoms. The Morgan fingerprint density at radius 3 is 1.90 bits per heavy atom. The van der Waals surface area contributed by atoms with Crippen LogP contribution in [0.4, 0.5) is 11.4 Å². The van der Waals surface area contributed by atoms with E-state index in [9.17, 15) is 9.59 Å². The molecule has 3 aromatic carbocycles. The highest BCUT2D eigenvalue weighted by atomic mass is 79.9. The fourth-order valence-electron chi connectivity index (χ4n) is 2.86. The molecule has 2 amide bonds. The van der Waals surface area contributed by atoms with Crippen LogP contribution in [0.5, 0.6) is 0 Å². The summed E-state index contributed by atoms with van der Waals surface area (Å²) in [6, 6.07) is 24.4. The molecule has 154 valence electrons. The van der Waals surface area contributed by atoms with E-state index < -0.39 is 0 Å². The summed E-state index contributed by atoms with van der Waals surface area (Å²) in [4.78, 5) is 24.8. The van der Waals surface area contributed by atoms with Gasteiger partial charge in [0.15, 0.2) is 5.76 Å². The van der Waals surface area contributed by atoms with E-state index in [1.807, 2.05) is 12.1 Å². The fraction of sp³-hybridized carbons (Fsp3) is 0. The highest BCUT2D eigenvalue weighted by Crippen LogP contribution is 2.24. The SMILES string of the molecule is O=C(Nc1ccc(NC(=O)c2ccc(-c3ccc(Cl)cc3)o2)cc1)c1ccc(Br)cc1. The van der Waals surface area contributed by atoms with Crippen LogP contribution < -0.4 is 10.6 Å². The van der Waals surface area contributed by atoms with Gasteiger partial charge in [0.1, 0.15) is 5.76 Å². The monoisotopic (exact) mass is 494 g/mol. The number of halogens is 2. The van der Waals surface area contributed by atoms with Crippen LogP contribution in [0.25, 0.3) is 11.3 Å². The molecule has 2 N–H and O–H groups in total. The average Bonchev–Trinajstić information content (AvgIpc) is 3.26. The minimum Gasteiger partial charge on any atom is -0.451 e. The number of rotatable bonds is 5. The van der Waals surface area contributed by atoms with Crippen molar-refractivity contribution in [2.24, 2.45) is 0 Å². The fourth-order valence-corrected chi connectivity index (χ4v) is 3.25. The minimum atomic E-state index is -0.369. The van der Waals surface area contributed by atoms with Crippen LogP contribution in [-0.2, 0) is 0 Å². The third-order valence-electron chi connectivity index (χ3n) is 4.47. The molecular weight excluding hydrogens is 480 g/mol. The normalized spacial score (nSPS) is 10.5. The van der Waals surface area contributed by atoms with E-state index in [1.54, 1.807) is 72.8 Å². The lowest BCUT2D eigenvalue weighted by molar-refractivity contribution is 0.0995. The van der Waals surface area contributed by atoms with Gasteiger partial charge in [0, 0.05) is 32.0 Å². The summed E-state index contributed by atoms with van der Waals surface area (Å²) in [5.41, 5.74) is 2.58. The van der Waals surface area contributed by atoms with Gasteiger partial charge < -0.3 is 15.1 Å². The third kappa shape index (κ3) is 5.23.